The van der Waals surface area contributed by atoms with E-state index in [0.717, 1.165) is 39.9 Å². The van der Waals surface area contributed by atoms with Crippen LogP contribution in [0, 0.1) is 6.92 Å². The molecule has 0 radical (unpaired) electrons. The average molecular weight is 909 g/mol. The molecule has 0 aromatic heterocycles. The quantitative estimate of drug-likeness (QED) is 0.149. The first kappa shape index (κ1) is 43.5. The van der Waals surface area contributed by atoms with Crippen LogP contribution in [-0.2, 0) is 10.8 Å². The molecule has 0 N–H and O–H groups in total. The van der Waals surface area contributed by atoms with Crippen LogP contribution in [0.5, 0.6) is 11.5 Å². The van der Waals surface area contributed by atoms with Gasteiger partial charge in [0.2, 0.25) is 13.5 Å². The van der Waals surface area contributed by atoms with Crippen molar-refractivity contribution in [3.63, 3.8) is 0 Å². The minimum absolute atomic E-state index is 0.0190. The SMILES string of the molecule is Cc1cc2c3c(c1)N(c1cc(-c4ccc(C(C)(C)C)cc4)cc(-c4ccc(C(C)(C)C)cc4)c1)c1cc(N(c4ccccc4)c4ccccc4)ccc1B3c1cc3c(cc1C2c1ccccc1)OCO3. The summed E-state index contributed by atoms with van der Waals surface area (Å²) in [5, 5.41) is 0. The van der Waals surface area contributed by atoms with Gasteiger partial charge < -0.3 is 19.3 Å². The number of aryl methyl sites for hydroxylation is 1. The van der Waals surface area contributed by atoms with Gasteiger partial charge in [-0.1, -0.05) is 174 Å². The highest BCUT2D eigenvalue weighted by molar-refractivity contribution is 6.99. The molecular weight excluding hydrogens is 852 g/mol. The maximum Gasteiger partial charge on any atom is 0.247 e. The lowest BCUT2D eigenvalue weighted by Gasteiger charge is -2.43. The third-order valence-corrected chi connectivity index (χ3v) is 14.7. The smallest absolute Gasteiger partial charge is 0.247 e. The van der Waals surface area contributed by atoms with E-state index in [1.165, 1.54) is 77.7 Å². The van der Waals surface area contributed by atoms with Crippen molar-refractivity contribution >= 4 is 57.2 Å². The number of benzene rings is 9. The first-order valence-corrected chi connectivity index (χ1v) is 24.7. The Kier molecular flexibility index (Phi) is 10.4. The van der Waals surface area contributed by atoms with Crippen molar-refractivity contribution in [2.45, 2.75) is 65.2 Å². The molecule has 3 aliphatic heterocycles. The number of anilines is 6. The molecule has 9 aromatic carbocycles. The van der Waals surface area contributed by atoms with E-state index < -0.39 is 0 Å². The van der Waals surface area contributed by atoms with Crippen LogP contribution in [0.1, 0.15) is 80.8 Å². The maximum absolute atomic E-state index is 6.20. The molecule has 0 amide bonds. The number of nitrogens with zero attached hydrogens (tertiary/aromatic N) is 2. The third-order valence-electron chi connectivity index (χ3n) is 14.7. The van der Waals surface area contributed by atoms with Crippen LogP contribution in [-0.4, -0.2) is 13.5 Å². The Morgan fingerprint density at radius 2 is 1.01 bits per heavy atom. The second kappa shape index (κ2) is 16.7. The molecule has 70 heavy (non-hydrogen) atoms. The normalized spacial score (nSPS) is 14.5. The number of ether oxygens (including phenoxy) is 2. The van der Waals surface area contributed by atoms with E-state index in [1.54, 1.807) is 0 Å². The van der Waals surface area contributed by atoms with Crippen molar-refractivity contribution in [3.8, 4) is 33.8 Å². The molecule has 1 unspecified atom stereocenters. The number of rotatable bonds is 7. The van der Waals surface area contributed by atoms with Gasteiger partial charge in [-0.15, -0.1) is 0 Å². The van der Waals surface area contributed by atoms with E-state index in [4.69, 9.17) is 9.47 Å². The predicted octanol–water partition coefficient (Wildman–Crippen LogP) is 14.9. The maximum atomic E-state index is 6.20. The Bertz CT molecular complexity index is 3310. The van der Waals surface area contributed by atoms with Crippen LogP contribution in [0.15, 0.2) is 200 Å². The zero-order valence-corrected chi connectivity index (χ0v) is 41.1. The zero-order valence-electron chi connectivity index (χ0n) is 41.1. The molecule has 0 bridgehead atoms. The summed E-state index contributed by atoms with van der Waals surface area (Å²) in [6, 6.07) is 74.7. The second-order valence-electron chi connectivity index (χ2n) is 21.4. The van der Waals surface area contributed by atoms with E-state index in [2.05, 4.69) is 258 Å². The van der Waals surface area contributed by atoms with E-state index in [9.17, 15) is 0 Å². The Labute approximate surface area is 413 Å². The summed E-state index contributed by atoms with van der Waals surface area (Å²) in [6.45, 7) is 16.1. The molecule has 9 aromatic rings. The summed E-state index contributed by atoms with van der Waals surface area (Å²) < 4.78 is 12.3. The number of hydrogen-bond donors (Lipinski definition) is 0. The van der Waals surface area contributed by atoms with Gasteiger partial charge in [-0.05, 0) is 157 Å². The topological polar surface area (TPSA) is 24.9 Å². The van der Waals surface area contributed by atoms with Crippen LogP contribution >= 0.6 is 0 Å². The van der Waals surface area contributed by atoms with Crippen molar-refractivity contribution in [2.24, 2.45) is 0 Å². The summed E-state index contributed by atoms with van der Waals surface area (Å²) in [4.78, 5) is 4.96. The fraction of sp³-hybridized carbons (Fsp3) is 0.169. The van der Waals surface area contributed by atoms with Crippen LogP contribution in [0.4, 0.5) is 34.1 Å². The van der Waals surface area contributed by atoms with Gasteiger partial charge in [0.05, 0.1) is 0 Å². The molecule has 0 spiro atoms. The van der Waals surface area contributed by atoms with Crippen molar-refractivity contribution < 1.29 is 9.47 Å². The van der Waals surface area contributed by atoms with Gasteiger partial charge in [0.1, 0.15) is 0 Å². The lowest BCUT2D eigenvalue weighted by molar-refractivity contribution is 0.174. The van der Waals surface area contributed by atoms with Crippen LogP contribution in [0.3, 0.4) is 0 Å². The Hall–Kier alpha value is -7.76. The van der Waals surface area contributed by atoms with Gasteiger partial charge in [0, 0.05) is 40.0 Å². The Balaban J connectivity index is 1.16. The predicted molar refractivity (Wildman–Crippen MR) is 293 cm³/mol. The molecule has 5 heteroatoms. The molecular formula is C65H57BN2O2. The molecule has 1 atom stereocenters. The van der Waals surface area contributed by atoms with Gasteiger partial charge in [-0.2, -0.15) is 0 Å². The first-order valence-electron chi connectivity index (χ1n) is 24.7. The van der Waals surface area contributed by atoms with Crippen LogP contribution in [0.2, 0.25) is 0 Å². The Morgan fingerprint density at radius 1 is 0.471 bits per heavy atom. The summed E-state index contributed by atoms with van der Waals surface area (Å²) in [5.74, 6) is 1.59. The fourth-order valence-electron chi connectivity index (χ4n) is 11.2. The fourth-order valence-corrected chi connectivity index (χ4v) is 11.2. The Morgan fingerprint density at radius 3 is 1.57 bits per heavy atom. The summed E-state index contributed by atoms with van der Waals surface area (Å²) in [5.41, 5.74) is 23.0. The number of fused-ring (bicyclic) bond motifs is 5. The van der Waals surface area contributed by atoms with Crippen LogP contribution in [0.25, 0.3) is 22.3 Å². The third kappa shape index (κ3) is 7.56. The summed E-state index contributed by atoms with van der Waals surface area (Å²) in [7, 11) is 0. The molecule has 0 aliphatic carbocycles. The van der Waals surface area contributed by atoms with Crippen molar-refractivity contribution in [1.29, 1.82) is 0 Å². The van der Waals surface area contributed by atoms with Gasteiger partial charge >= 0.3 is 0 Å². The molecule has 0 saturated heterocycles. The number of para-hydroxylation sites is 2. The molecule has 3 heterocycles. The highest BCUT2D eigenvalue weighted by Crippen LogP contribution is 2.48. The standard InChI is InChI=1S/C65H57BN2O2/c1-42-33-55-62(45-17-11-8-12-18-45)54-39-60-61(70-41-69-60)40-57(54)66-56-32-31-52(67(50-19-13-9-14-20-50)51-21-15-10-16-22-51)38-58(56)68(59(34-42)63(55)66)53-36-46(43-23-27-48(28-24-43)64(2,3)4)35-47(37-53)44-25-29-49(30-26-44)65(5,6)7/h8-40,62H,41H2,1-7H3. The van der Waals surface area contributed by atoms with E-state index in [-0.39, 0.29) is 30.3 Å². The summed E-state index contributed by atoms with van der Waals surface area (Å²) in [6.07, 6.45) is 0. The van der Waals surface area contributed by atoms with Gasteiger partial charge in [0.25, 0.3) is 0 Å². The highest BCUT2D eigenvalue weighted by atomic mass is 16.7. The molecule has 4 nitrogen and oxygen atoms in total. The molecule has 0 fully saturated rings. The first-order chi connectivity index (χ1) is 33.9. The monoisotopic (exact) mass is 908 g/mol. The highest BCUT2D eigenvalue weighted by Gasteiger charge is 2.45. The minimum atomic E-state index is -0.0743. The van der Waals surface area contributed by atoms with Gasteiger partial charge in [-0.3, -0.25) is 0 Å². The van der Waals surface area contributed by atoms with Crippen molar-refractivity contribution in [2.75, 3.05) is 16.6 Å². The van der Waals surface area contributed by atoms with Crippen LogP contribution < -0.4 is 35.7 Å². The number of hydrogen-bond acceptors (Lipinski definition) is 4. The zero-order chi connectivity index (χ0) is 47.9. The molecule has 12 rings (SSSR count). The minimum Gasteiger partial charge on any atom is -0.454 e. The second-order valence-corrected chi connectivity index (χ2v) is 21.4. The van der Waals surface area contributed by atoms with Gasteiger partial charge in [0.15, 0.2) is 11.5 Å². The molecule has 0 saturated carbocycles. The largest absolute Gasteiger partial charge is 0.454 e. The van der Waals surface area contributed by atoms with E-state index in [0.29, 0.717) is 0 Å². The molecule has 3 aliphatic rings. The molecule has 342 valence electrons. The lowest BCUT2D eigenvalue weighted by Crippen LogP contribution is -2.62. The lowest BCUT2D eigenvalue weighted by atomic mass is 9.31. The van der Waals surface area contributed by atoms with E-state index in [1.807, 2.05) is 0 Å². The van der Waals surface area contributed by atoms with Gasteiger partial charge in [-0.25, -0.2) is 0 Å². The average Bonchev–Trinajstić information content (AvgIpc) is 3.84. The van der Waals surface area contributed by atoms with Crippen molar-refractivity contribution in [3.05, 3.63) is 234 Å². The van der Waals surface area contributed by atoms with Crippen molar-refractivity contribution in [1.82, 2.24) is 0 Å². The summed E-state index contributed by atoms with van der Waals surface area (Å²) >= 11 is 0. The van der Waals surface area contributed by atoms with E-state index >= 15 is 0 Å².